The minimum Gasteiger partial charge on any atom is -0.463 e. The molecule has 146 valence electrons. The SMILES string of the molecule is O=C(Cc1csc(-c2cccc(F)c2)n1)OCCN1C(=O)c2ccccc2C1=O. The van der Waals surface area contributed by atoms with Crippen molar-refractivity contribution in [3.05, 3.63) is 76.5 Å². The van der Waals surface area contributed by atoms with Crippen molar-refractivity contribution in [3.63, 3.8) is 0 Å². The topological polar surface area (TPSA) is 76.6 Å². The fourth-order valence-corrected chi connectivity index (χ4v) is 3.85. The van der Waals surface area contributed by atoms with Gasteiger partial charge in [0.15, 0.2) is 0 Å². The lowest BCUT2D eigenvalue weighted by Gasteiger charge is -2.13. The minimum absolute atomic E-state index is 0.0102. The largest absolute Gasteiger partial charge is 0.463 e. The van der Waals surface area contributed by atoms with E-state index in [9.17, 15) is 18.8 Å². The summed E-state index contributed by atoms with van der Waals surface area (Å²) in [4.78, 5) is 42.0. The molecule has 0 atom stereocenters. The van der Waals surface area contributed by atoms with Gasteiger partial charge in [0.2, 0.25) is 0 Å². The number of nitrogens with zero attached hydrogens (tertiary/aromatic N) is 2. The van der Waals surface area contributed by atoms with Crippen LogP contribution in [0.2, 0.25) is 0 Å². The number of imide groups is 1. The van der Waals surface area contributed by atoms with Crippen LogP contribution in [-0.4, -0.2) is 40.8 Å². The highest BCUT2D eigenvalue weighted by Gasteiger charge is 2.34. The smallest absolute Gasteiger partial charge is 0.311 e. The van der Waals surface area contributed by atoms with Crippen molar-refractivity contribution >= 4 is 29.1 Å². The van der Waals surface area contributed by atoms with E-state index in [0.717, 1.165) is 4.90 Å². The van der Waals surface area contributed by atoms with Gasteiger partial charge >= 0.3 is 5.97 Å². The fraction of sp³-hybridized carbons (Fsp3) is 0.143. The molecule has 0 saturated heterocycles. The Kier molecular flexibility index (Phi) is 5.18. The molecular formula is C21H15FN2O4S. The molecule has 0 fully saturated rings. The number of fused-ring (bicyclic) bond motifs is 1. The summed E-state index contributed by atoms with van der Waals surface area (Å²) in [6.07, 6.45) is -0.0477. The number of hydrogen-bond donors (Lipinski definition) is 0. The van der Waals surface area contributed by atoms with E-state index in [2.05, 4.69) is 4.98 Å². The normalized spacial score (nSPS) is 12.9. The number of amides is 2. The van der Waals surface area contributed by atoms with E-state index >= 15 is 0 Å². The van der Waals surface area contributed by atoms with E-state index < -0.39 is 5.97 Å². The molecule has 1 aliphatic rings. The maximum atomic E-state index is 13.3. The second-order valence-corrected chi connectivity index (χ2v) is 7.22. The first kappa shape index (κ1) is 18.9. The van der Waals surface area contributed by atoms with Crippen molar-refractivity contribution in [1.29, 1.82) is 0 Å². The van der Waals surface area contributed by atoms with E-state index in [0.29, 0.717) is 27.4 Å². The highest BCUT2D eigenvalue weighted by Crippen LogP contribution is 2.25. The number of halogens is 1. The minimum atomic E-state index is -0.516. The number of carbonyl (C=O) groups excluding carboxylic acids is 3. The highest BCUT2D eigenvalue weighted by molar-refractivity contribution is 7.13. The summed E-state index contributed by atoms with van der Waals surface area (Å²) >= 11 is 1.31. The second-order valence-electron chi connectivity index (χ2n) is 6.36. The van der Waals surface area contributed by atoms with Crippen LogP contribution in [0.15, 0.2) is 53.9 Å². The standard InChI is InChI=1S/C21H15FN2O4S/c22-14-5-3-4-13(10-14)19-23-15(12-29-19)11-18(25)28-9-8-24-20(26)16-6-1-2-7-17(16)21(24)27/h1-7,10,12H,8-9,11H2. The highest BCUT2D eigenvalue weighted by atomic mass is 32.1. The number of ether oxygens (including phenoxy) is 1. The van der Waals surface area contributed by atoms with E-state index in [-0.39, 0.29) is 37.2 Å². The van der Waals surface area contributed by atoms with Crippen LogP contribution < -0.4 is 0 Å². The van der Waals surface area contributed by atoms with Gasteiger partial charge in [-0.3, -0.25) is 19.3 Å². The lowest BCUT2D eigenvalue weighted by Crippen LogP contribution is -2.33. The molecule has 1 aromatic heterocycles. The molecule has 2 amide bonds. The zero-order chi connectivity index (χ0) is 20.4. The first-order chi connectivity index (χ1) is 14.0. The van der Waals surface area contributed by atoms with Crippen LogP contribution in [0.5, 0.6) is 0 Å². The van der Waals surface area contributed by atoms with Gasteiger partial charge in [0.1, 0.15) is 17.4 Å². The number of rotatable bonds is 6. The quantitative estimate of drug-likeness (QED) is 0.460. The predicted octanol–water partition coefficient (Wildman–Crippen LogP) is 3.33. The Hall–Kier alpha value is -3.39. The third-order valence-electron chi connectivity index (χ3n) is 4.40. The Morgan fingerprint density at radius 3 is 2.48 bits per heavy atom. The van der Waals surface area contributed by atoms with Crippen molar-refractivity contribution < 1.29 is 23.5 Å². The molecule has 1 aliphatic heterocycles. The van der Waals surface area contributed by atoms with E-state index in [1.165, 1.54) is 23.5 Å². The van der Waals surface area contributed by atoms with E-state index in [1.807, 2.05) is 0 Å². The maximum Gasteiger partial charge on any atom is 0.311 e. The average molecular weight is 410 g/mol. The summed E-state index contributed by atoms with van der Waals surface area (Å²) in [6, 6.07) is 12.6. The zero-order valence-corrected chi connectivity index (χ0v) is 15.9. The number of benzene rings is 2. The molecule has 8 heteroatoms. The molecule has 2 heterocycles. The average Bonchev–Trinajstić information content (AvgIpc) is 3.27. The summed E-state index contributed by atoms with van der Waals surface area (Å²) in [6.45, 7) is -0.102. The summed E-state index contributed by atoms with van der Waals surface area (Å²) in [5.74, 6) is -1.65. The van der Waals surface area contributed by atoms with Crippen LogP contribution in [0.4, 0.5) is 4.39 Å². The molecule has 0 spiro atoms. The van der Waals surface area contributed by atoms with Gasteiger partial charge < -0.3 is 4.74 Å². The number of aromatic nitrogens is 1. The molecule has 0 unspecified atom stereocenters. The summed E-state index contributed by atoms with van der Waals surface area (Å²) in [5, 5.41) is 2.32. The van der Waals surface area contributed by atoms with Crippen molar-refractivity contribution in [3.8, 4) is 10.6 Å². The van der Waals surface area contributed by atoms with Gasteiger partial charge in [-0.05, 0) is 24.3 Å². The van der Waals surface area contributed by atoms with Gasteiger partial charge in [0, 0.05) is 10.9 Å². The van der Waals surface area contributed by atoms with Gasteiger partial charge in [-0.2, -0.15) is 0 Å². The molecule has 2 aromatic carbocycles. The number of carbonyl (C=O) groups is 3. The molecule has 0 bridgehead atoms. The molecule has 0 N–H and O–H groups in total. The van der Waals surface area contributed by atoms with Gasteiger partial charge in [-0.25, -0.2) is 9.37 Å². The van der Waals surface area contributed by atoms with Gasteiger partial charge in [0.05, 0.1) is 29.8 Å². The first-order valence-electron chi connectivity index (χ1n) is 8.84. The molecule has 0 aliphatic carbocycles. The van der Waals surface area contributed by atoms with Crippen LogP contribution in [0.25, 0.3) is 10.6 Å². The van der Waals surface area contributed by atoms with Gasteiger partial charge in [-0.1, -0.05) is 24.3 Å². The molecular weight excluding hydrogens is 395 g/mol. The monoisotopic (exact) mass is 410 g/mol. The van der Waals surface area contributed by atoms with Crippen LogP contribution in [0.1, 0.15) is 26.4 Å². The molecule has 29 heavy (non-hydrogen) atoms. The summed E-state index contributed by atoms with van der Waals surface area (Å²) < 4.78 is 18.5. The summed E-state index contributed by atoms with van der Waals surface area (Å²) in [7, 11) is 0. The Balaban J connectivity index is 1.30. The molecule has 0 radical (unpaired) electrons. The Bertz CT molecular complexity index is 1080. The third-order valence-corrected chi connectivity index (χ3v) is 5.35. The van der Waals surface area contributed by atoms with E-state index in [1.54, 1.807) is 41.8 Å². The Morgan fingerprint density at radius 1 is 1.07 bits per heavy atom. The van der Waals surface area contributed by atoms with Crippen LogP contribution in [0, 0.1) is 5.82 Å². The number of esters is 1. The van der Waals surface area contributed by atoms with Crippen LogP contribution in [0.3, 0.4) is 0 Å². The number of hydrogen-bond acceptors (Lipinski definition) is 6. The molecule has 6 nitrogen and oxygen atoms in total. The maximum absolute atomic E-state index is 13.3. The van der Waals surface area contributed by atoms with Crippen molar-refractivity contribution in [2.75, 3.05) is 13.2 Å². The molecule has 0 saturated carbocycles. The predicted molar refractivity (Wildman–Crippen MR) is 104 cm³/mol. The van der Waals surface area contributed by atoms with Crippen molar-refractivity contribution in [2.45, 2.75) is 6.42 Å². The molecule has 3 aromatic rings. The third kappa shape index (κ3) is 3.93. The Labute approximate surface area is 169 Å². The zero-order valence-electron chi connectivity index (χ0n) is 15.1. The molecule has 4 rings (SSSR count). The van der Waals surface area contributed by atoms with Crippen LogP contribution >= 0.6 is 11.3 Å². The lowest BCUT2D eigenvalue weighted by molar-refractivity contribution is -0.143. The van der Waals surface area contributed by atoms with Gasteiger partial charge in [-0.15, -0.1) is 11.3 Å². The van der Waals surface area contributed by atoms with Gasteiger partial charge in [0.25, 0.3) is 11.8 Å². The fourth-order valence-electron chi connectivity index (χ4n) is 3.03. The van der Waals surface area contributed by atoms with Crippen molar-refractivity contribution in [2.24, 2.45) is 0 Å². The lowest BCUT2D eigenvalue weighted by atomic mass is 10.1. The number of thiazole rings is 1. The van der Waals surface area contributed by atoms with E-state index in [4.69, 9.17) is 4.74 Å². The second kappa shape index (κ2) is 7.92. The summed E-state index contributed by atoms with van der Waals surface area (Å²) in [5.41, 5.74) is 1.87. The van der Waals surface area contributed by atoms with Crippen LogP contribution in [-0.2, 0) is 16.0 Å². The Morgan fingerprint density at radius 2 is 1.79 bits per heavy atom. The first-order valence-corrected chi connectivity index (χ1v) is 9.72. The van der Waals surface area contributed by atoms with Crippen molar-refractivity contribution in [1.82, 2.24) is 9.88 Å².